The second-order valence-corrected chi connectivity index (χ2v) is 9.44. The van der Waals surface area contributed by atoms with E-state index in [1.165, 1.54) is 4.31 Å². The van der Waals surface area contributed by atoms with Crippen LogP contribution in [-0.2, 0) is 10.0 Å². The number of aromatic amines is 1. The van der Waals surface area contributed by atoms with E-state index in [1.807, 2.05) is 37.3 Å². The molecule has 0 atom stereocenters. The number of nitrogens with one attached hydrogen (secondary N) is 2. The molecular formula is C22H24N4O3S. The molecule has 156 valence electrons. The number of nitrogens with zero attached hydrogens (tertiary/aromatic N) is 2. The Balaban J connectivity index is 1.35. The summed E-state index contributed by atoms with van der Waals surface area (Å²) in [7, 11) is -3.51. The summed E-state index contributed by atoms with van der Waals surface area (Å²) >= 11 is 0. The highest BCUT2D eigenvalue weighted by molar-refractivity contribution is 7.89. The number of hydrogen-bond acceptors (Lipinski definition) is 4. The molecule has 4 rings (SSSR count). The second kappa shape index (κ2) is 8.41. The summed E-state index contributed by atoms with van der Waals surface area (Å²) in [5, 5.41) is 9.98. The third-order valence-electron chi connectivity index (χ3n) is 5.34. The minimum absolute atomic E-state index is 0.0783. The molecule has 0 bridgehead atoms. The van der Waals surface area contributed by atoms with Crippen molar-refractivity contribution in [3.05, 3.63) is 71.9 Å². The first kappa shape index (κ1) is 20.3. The highest BCUT2D eigenvalue weighted by atomic mass is 32.2. The van der Waals surface area contributed by atoms with Gasteiger partial charge in [0.05, 0.1) is 10.6 Å². The number of hydrogen-bond donors (Lipinski definition) is 2. The van der Waals surface area contributed by atoms with Gasteiger partial charge in [-0.3, -0.25) is 9.89 Å². The largest absolute Gasteiger partial charge is 0.348 e. The van der Waals surface area contributed by atoms with E-state index in [1.54, 1.807) is 30.3 Å². The van der Waals surface area contributed by atoms with Crippen LogP contribution < -0.4 is 5.32 Å². The molecule has 8 heteroatoms. The molecule has 2 aromatic carbocycles. The van der Waals surface area contributed by atoms with Crippen LogP contribution in [0.3, 0.4) is 0 Å². The lowest BCUT2D eigenvalue weighted by Crippen LogP contribution is -2.46. The van der Waals surface area contributed by atoms with Crippen molar-refractivity contribution >= 4 is 15.9 Å². The topological polar surface area (TPSA) is 95.2 Å². The number of benzene rings is 2. The number of sulfonamides is 1. The quantitative estimate of drug-likeness (QED) is 0.658. The first-order valence-corrected chi connectivity index (χ1v) is 11.4. The van der Waals surface area contributed by atoms with Gasteiger partial charge in [-0.25, -0.2) is 8.42 Å². The third-order valence-corrected chi connectivity index (χ3v) is 7.25. The van der Waals surface area contributed by atoms with Gasteiger partial charge >= 0.3 is 0 Å². The molecule has 0 radical (unpaired) electrons. The lowest BCUT2D eigenvalue weighted by atomic mass is 10.1. The molecule has 1 saturated heterocycles. The van der Waals surface area contributed by atoms with Crippen LogP contribution in [0.1, 0.15) is 28.9 Å². The SMILES string of the molecule is Cc1ccc(S(=O)(=O)N2CCC(NC(=O)c3cc(-c4ccccc4)n[nH]3)CC2)cc1. The number of aromatic nitrogens is 2. The predicted molar refractivity (Wildman–Crippen MR) is 114 cm³/mol. The number of H-pyrrole nitrogens is 1. The molecule has 1 aliphatic rings. The average molecular weight is 425 g/mol. The molecule has 0 saturated carbocycles. The molecule has 0 aliphatic carbocycles. The first-order valence-electron chi connectivity index (χ1n) is 9.92. The van der Waals surface area contributed by atoms with Crippen molar-refractivity contribution in [3.8, 4) is 11.3 Å². The van der Waals surface area contributed by atoms with E-state index in [9.17, 15) is 13.2 Å². The Morgan fingerprint density at radius 1 is 1.07 bits per heavy atom. The monoisotopic (exact) mass is 424 g/mol. The molecule has 3 aromatic rings. The minimum Gasteiger partial charge on any atom is -0.348 e. The van der Waals surface area contributed by atoms with Crippen LogP contribution in [0.25, 0.3) is 11.3 Å². The van der Waals surface area contributed by atoms with Crippen LogP contribution in [0.4, 0.5) is 0 Å². The Hall–Kier alpha value is -2.97. The number of rotatable bonds is 5. The predicted octanol–water partition coefficient (Wildman–Crippen LogP) is 2.97. The molecule has 1 amide bonds. The third kappa shape index (κ3) is 4.29. The standard InChI is InChI=1S/C22H24N4O3S/c1-16-7-9-19(10-8-16)30(28,29)26-13-11-18(12-14-26)23-22(27)21-15-20(24-25-21)17-5-3-2-4-6-17/h2-10,15,18H,11-14H2,1H3,(H,23,27)(H,24,25). The van der Waals surface area contributed by atoms with E-state index >= 15 is 0 Å². The van der Waals surface area contributed by atoms with Crippen molar-refractivity contribution in [2.45, 2.75) is 30.7 Å². The molecule has 7 nitrogen and oxygen atoms in total. The van der Waals surface area contributed by atoms with Crippen molar-refractivity contribution < 1.29 is 13.2 Å². The van der Waals surface area contributed by atoms with Crippen LogP contribution in [0.5, 0.6) is 0 Å². The summed E-state index contributed by atoms with van der Waals surface area (Å²) in [4.78, 5) is 12.9. The van der Waals surface area contributed by atoms with Crippen LogP contribution >= 0.6 is 0 Å². The summed E-state index contributed by atoms with van der Waals surface area (Å²) in [5.74, 6) is -0.232. The summed E-state index contributed by atoms with van der Waals surface area (Å²) in [6, 6.07) is 18.2. The molecule has 1 aromatic heterocycles. The van der Waals surface area contributed by atoms with Crippen molar-refractivity contribution in [2.75, 3.05) is 13.1 Å². The molecule has 2 N–H and O–H groups in total. The molecule has 30 heavy (non-hydrogen) atoms. The maximum Gasteiger partial charge on any atom is 0.269 e. The number of carbonyl (C=O) groups is 1. The zero-order valence-corrected chi connectivity index (χ0v) is 17.5. The molecular weight excluding hydrogens is 400 g/mol. The maximum absolute atomic E-state index is 12.8. The van der Waals surface area contributed by atoms with Crippen LogP contribution in [0.15, 0.2) is 65.6 Å². The van der Waals surface area contributed by atoms with Crippen molar-refractivity contribution in [1.29, 1.82) is 0 Å². The van der Waals surface area contributed by atoms with Gasteiger partial charge in [0, 0.05) is 24.7 Å². The van der Waals surface area contributed by atoms with Crippen LogP contribution in [0.2, 0.25) is 0 Å². The number of piperidine rings is 1. The van der Waals surface area contributed by atoms with E-state index in [4.69, 9.17) is 0 Å². The van der Waals surface area contributed by atoms with E-state index in [0.717, 1.165) is 11.1 Å². The highest BCUT2D eigenvalue weighted by Gasteiger charge is 2.30. The van der Waals surface area contributed by atoms with Crippen molar-refractivity contribution in [3.63, 3.8) is 0 Å². The number of carbonyl (C=O) groups excluding carboxylic acids is 1. The van der Waals surface area contributed by atoms with Gasteiger partial charge in [-0.1, -0.05) is 48.0 Å². The first-order chi connectivity index (χ1) is 14.4. The van der Waals surface area contributed by atoms with E-state index in [-0.39, 0.29) is 11.9 Å². The van der Waals surface area contributed by atoms with Gasteiger partial charge in [0.15, 0.2) is 0 Å². The molecule has 1 aliphatic heterocycles. The Bertz CT molecular complexity index is 1120. The van der Waals surface area contributed by atoms with Gasteiger partial charge in [-0.05, 0) is 38.0 Å². The summed E-state index contributed by atoms with van der Waals surface area (Å²) < 4.78 is 27.1. The molecule has 2 heterocycles. The minimum atomic E-state index is -3.51. The van der Waals surface area contributed by atoms with Gasteiger partial charge in [0.2, 0.25) is 10.0 Å². The zero-order chi connectivity index (χ0) is 21.1. The van der Waals surface area contributed by atoms with E-state index in [2.05, 4.69) is 15.5 Å². The number of amides is 1. The maximum atomic E-state index is 12.8. The smallest absolute Gasteiger partial charge is 0.269 e. The fraction of sp³-hybridized carbons (Fsp3) is 0.273. The van der Waals surface area contributed by atoms with E-state index < -0.39 is 10.0 Å². The lowest BCUT2D eigenvalue weighted by molar-refractivity contribution is 0.0918. The van der Waals surface area contributed by atoms with Gasteiger partial charge in [-0.2, -0.15) is 9.40 Å². The van der Waals surface area contributed by atoms with E-state index in [0.29, 0.717) is 42.2 Å². The van der Waals surface area contributed by atoms with Gasteiger partial charge < -0.3 is 5.32 Å². The molecule has 0 unspecified atom stereocenters. The summed E-state index contributed by atoms with van der Waals surface area (Å²) in [5.41, 5.74) is 3.05. The van der Waals surface area contributed by atoms with Crippen molar-refractivity contribution in [2.24, 2.45) is 0 Å². The Morgan fingerprint density at radius 2 is 1.73 bits per heavy atom. The summed E-state index contributed by atoms with van der Waals surface area (Å²) in [6.07, 6.45) is 1.13. The Labute approximate surface area is 176 Å². The fourth-order valence-electron chi connectivity index (χ4n) is 3.56. The Kier molecular flexibility index (Phi) is 5.69. The van der Waals surface area contributed by atoms with Gasteiger partial charge in [0.25, 0.3) is 5.91 Å². The van der Waals surface area contributed by atoms with Crippen LogP contribution in [-0.4, -0.2) is 48.0 Å². The number of aryl methyl sites for hydroxylation is 1. The zero-order valence-electron chi connectivity index (χ0n) is 16.7. The molecule has 0 spiro atoms. The lowest BCUT2D eigenvalue weighted by Gasteiger charge is -2.31. The summed E-state index contributed by atoms with van der Waals surface area (Å²) in [6.45, 7) is 2.67. The Morgan fingerprint density at radius 3 is 2.40 bits per heavy atom. The average Bonchev–Trinajstić information content (AvgIpc) is 3.26. The highest BCUT2D eigenvalue weighted by Crippen LogP contribution is 2.22. The normalized spacial score (nSPS) is 15.8. The molecule has 1 fully saturated rings. The van der Waals surface area contributed by atoms with Gasteiger partial charge in [-0.15, -0.1) is 0 Å². The van der Waals surface area contributed by atoms with Gasteiger partial charge in [0.1, 0.15) is 5.69 Å². The fourth-order valence-corrected chi connectivity index (χ4v) is 5.03. The van der Waals surface area contributed by atoms with Crippen LogP contribution in [0, 0.1) is 6.92 Å². The van der Waals surface area contributed by atoms with Crippen molar-refractivity contribution in [1.82, 2.24) is 19.8 Å². The second-order valence-electron chi connectivity index (χ2n) is 7.50.